The van der Waals surface area contributed by atoms with Crippen LogP contribution in [0.4, 0.5) is 13.2 Å². The Labute approximate surface area is 151 Å². The van der Waals surface area contributed by atoms with Gasteiger partial charge in [-0.2, -0.15) is 13.2 Å². The standard InChI is InChI=1S/C19H14F3N3S/c1-10-4-3-5-11(2)15(10)17-16(23-9-26-17)18-24-13-7-6-12(19(20,21)22)8-14(13)25-18/h3-9H,1-2H3,(H,24,25). The molecule has 0 atom stereocenters. The van der Waals surface area contributed by atoms with Gasteiger partial charge in [0.15, 0.2) is 5.82 Å². The molecule has 0 saturated heterocycles. The zero-order valence-electron chi connectivity index (χ0n) is 14.0. The molecule has 0 bridgehead atoms. The molecule has 0 unspecified atom stereocenters. The number of nitrogens with one attached hydrogen (secondary N) is 1. The highest BCUT2D eigenvalue weighted by Gasteiger charge is 2.31. The molecule has 0 aliphatic rings. The second-order valence-electron chi connectivity index (χ2n) is 6.11. The van der Waals surface area contributed by atoms with Crippen molar-refractivity contribution in [3.8, 4) is 22.0 Å². The van der Waals surface area contributed by atoms with Gasteiger partial charge < -0.3 is 4.98 Å². The lowest BCUT2D eigenvalue weighted by molar-refractivity contribution is -0.137. The molecule has 0 aliphatic carbocycles. The van der Waals surface area contributed by atoms with Gasteiger partial charge in [-0.3, -0.25) is 0 Å². The first-order valence-corrected chi connectivity index (χ1v) is 8.80. The first-order valence-electron chi connectivity index (χ1n) is 7.92. The van der Waals surface area contributed by atoms with E-state index < -0.39 is 11.7 Å². The van der Waals surface area contributed by atoms with E-state index in [0.29, 0.717) is 22.6 Å². The molecule has 26 heavy (non-hydrogen) atoms. The molecule has 4 aromatic rings. The lowest BCUT2D eigenvalue weighted by Crippen LogP contribution is -2.04. The first kappa shape index (κ1) is 16.8. The maximum Gasteiger partial charge on any atom is 0.416 e. The number of hydrogen-bond acceptors (Lipinski definition) is 3. The Bertz CT molecular complexity index is 1090. The van der Waals surface area contributed by atoms with Crippen LogP contribution in [0, 0.1) is 13.8 Å². The molecule has 0 saturated carbocycles. The van der Waals surface area contributed by atoms with Gasteiger partial charge in [-0.05, 0) is 48.7 Å². The number of thiazole rings is 1. The number of H-pyrrole nitrogens is 1. The van der Waals surface area contributed by atoms with Gasteiger partial charge in [-0.1, -0.05) is 18.2 Å². The Morgan fingerprint density at radius 3 is 2.46 bits per heavy atom. The average molecular weight is 373 g/mol. The molecule has 2 aromatic carbocycles. The van der Waals surface area contributed by atoms with E-state index in [1.54, 1.807) is 5.51 Å². The molecule has 2 aromatic heterocycles. The van der Waals surface area contributed by atoms with Crippen LogP contribution >= 0.6 is 11.3 Å². The quantitative estimate of drug-likeness (QED) is 0.469. The maximum absolute atomic E-state index is 12.9. The van der Waals surface area contributed by atoms with Crippen LogP contribution < -0.4 is 0 Å². The zero-order valence-corrected chi connectivity index (χ0v) is 14.8. The number of aromatic nitrogens is 3. The van der Waals surface area contributed by atoms with Crippen LogP contribution in [0.5, 0.6) is 0 Å². The van der Waals surface area contributed by atoms with Gasteiger partial charge in [0.2, 0.25) is 0 Å². The summed E-state index contributed by atoms with van der Waals surface area (Å²) in [7, 11) is 0. The summed E-state index contributed by atoms with van der Waals surface area (Å²) in [4.78, 5) is 12.8. The van der Waals surface area contributed by atoms with Crippen molar-refractivity contribution in [3.63, 3.8) is 0 Å². The minimum absolute atomic E-state index is 0.343. The number of imidazole rings is 1. The van der Waals surface area contributed by atoms with Gasteiger partial charge in [-0.15, -0.1) is 11.3 Å². The van der Waals surface area contributed by atoms with Crippen molar-refractivity contribution in [2.24, 2.45) is 0 Å². The molecule has 132 valence electrons. The molecule has 0 spiro atoms. The highest BCUT2D eigenvalue weighted by Crippen LogP contribution is 2.38. The Hall–Kier alpha value is -2.67. The molecule has 0 radical (unpaired) electrons. The number of rotatable bonds is 2. The summed E-state index contributed by atoms with van der Waals surface area (Å²) in [6.07, 6.45) is -4.39. The summed E-state index contributed by atoms with van der Waals surface area (Å²) < 4.78 is 38.8. The summed E-state index contributed by atoms with van der Waals surface area (Å²) in [5.41, 5.74) is 5.82. The number of hydrogen-bond donors (Lipinski definition) is 1. The van der Waals surface area contributed by atoms with Crippen molar-refractivity contribution in [3.05, 3.63) is 58.6 Å². The topological polar surface area (TPSA) is 41.6 Å². The van der Waals surface area contributed by atoms with Crippen LogP contribution in [0.2, 0.25) is 0 Å². The van der Waals surface area contributed by atoms with E-state index in [4.69, 9.17) is 0 Å². The molecular formula is C19H14F3N3S. The van der Waals surface area contributed by atoms with Gasteiger partial charge >= 0.3 is 6.18 Å². The predicted octanol–water partition coefficient (Wildman–Crippen LogP) is 5.99. The maximum atomic E-state index is 12.9. The third-order valence-electron chi connectivity index (χ3n) is 4.31. The molecule has 0 aliphatic heterocycles. The third kappa shape index (κ3) is 2.78. The first-order chi connectivity index (χ1) is 12.3. The largest absolute Gasteiger partial charge is 0.416 e. The Balaban J connectivity index is 1.86. The summed E-state index contributed by atoms with van der Waals surface area (Å²) in [6, 6.07) is 9.55. The van der Waals surface area contributed by atoms with Crippen molar-refractivity contribution in [2.75, 3.05) is 0 Å². The molecule has 7 heteroatoms. The molecule has 1 N–H and O–H groups in total. The number of nitrogens with zero attached hydrogens (tertiary/aromatic N) is 2. The molecule has 3 nitrogen and oxygen atoms in total. The van der Waals surface area contributed by atoms with Crippen LogP contribution in [0.15, 0.2) is 41.9 Å². The van der Waals surface area contributed by atoms with Gasteiger partial charge in [0.1, 0.15) is 5.69 Å². The van der Waals surface area contributed by atoms with Crippen molar-refractivity contribution in [1.82, 2.24) is 15.0 Å². The van der Waals surface area contributed by atoms with E-state index in [-0.39, 0.29) is 0 Å². The van der Waals surface area contributed by atoms with Crippen LogP contribution in [0.3, 0.4) is 0 Å². The Morgan fingerprint density at radius 1 is 1.04 bits per heavy atom. The second-order valence-corrected chi connectivity index (χ2v) is 6.97. The van der Waals surface area contributed by atoms with Crippen LogP contribution in [-0.4, -0.2) is 15.0 Å². The third-order valence-corrected chi connectivity index (χ3v) is 5.15. The second kappa shape index (κ2) is 5.95. The number of benzene rings is 2. The van der Waals surface area contributed by atoms with Crippen LogP contribution in [0.1, 0.15) is 16.7 Å². The van der Waals surface area contributed by atoms with Gasteiger partial charge in [0.05, 0.1) is 27.0 Å². The summed E-state index contributed by atoms with van der Waals surface area (Å²) >= 11 is 1.49. The van der Waals surface area contributed by atoms with Gasteiger partial charge in [-0.25, -0.2) is 9.97 Å². The Morgan fingerprint density at radius 2 is 1.77 bits per heavy atom. The molecule has 4 rings (SSSR count). The summed E-state index contributed by atoms with van der Waals surface area (Å²) in [6.45, 7) is 4.06. The number of halogens is 3. The van der Waals surface area contributed by atoms with E-state index in [1.807, 2.05) is 32.0 Å². The van der Waals surface area contributed by atoms with E-state index in [0.717, 1.165) is 33.7 Å². The monoisotopic (exact) mass is 373 g/mol. The average Bonchev–Trinajstić information content (AvgIpc) is 3.19. The molecule has 0 amide bonds. The number of alkyl halides is 3. The smallest absolute Gasteiger partial charge is 0.337 e. The fraction of sp³-hybridized carbons (Fsp3) is 0.158. The molecule has 2 heterocycles. The SMILES string of the molecule is Cc1cccc(C)c1-c1scnc1-c1nc2ccc(C(F)(F)F)cc2[nH]1. The summed E-state index contributed by atoms with van der Waals surface area (Å²) in [5, 5.41) is 0. The number of aromatic amines is 1. The normalized spacial score (nSPS) is 12.0. The molecule has 0 fully saturated rings. The van der Waals surface area contributed by atoms with E-state index in [1.165, 1.54) is 17.4 Å². The summed E-state index contributed by atoms with van der Waals surface area (Å²) in [5.74, 6) is 0.471. The minimum Gasteiger partial charge on any atom is -0.337 e. The minimum atomic E-state index is -4.39. The molecular weight excluding hydrogens is 359 g/mol. The fourth-order valence-corrected chi connectivity index (χ4v) is 4.03. The zero-order chi connectivity index (χ0) is 18.5. The highest BCUT2D eigenvalue weighted by molar-refractivity contribution is 7.13. The van der Waals surface area contributed by atoms with Crippen LogP contribution in [0.25, 0.3) is 33.0 Å². The predicted molar refractivity (Wildman–Crippen MR) is 97.1 cm³/mol. The Kier molecular flexibility index (Phi) is 3.84. The number of aryl methyl sites for hydroxylation is 2. The van der Waals surface area contributed by atoms with E-state index in [2.05, 4.69) is 15.0 Å². The van der Waals surface area contributed by atoms with Crippen molar-refractivity contribution < 1.29 is 13.2 Å². The highest BCUT2D eigenvalue weighted by atomic mass is 32.1. The van der Waals surface area contributed by atoms with E-state index >= 15 is 0 Å². The van der Waals surface area contributed by atoms with Crippen LogP contribution in [-0.2, 0) is 6.18 Å². The van der Waals surface area contributed by atoms with Gasteiger partial charge in [0, 0.05) is 0 Å². The van der Waals surface area contributed by atoms with Gasteiger partial charge in [0.25, 0.3) is 0 Å². The van der Waals surface area contributed by atoms with Crippen molar-refractivity contribution in [1.29, 1.82) is 0 Å². The van der Waals surface area contributed by atoms with Crippen molar-refractivity contribution >= 4 is 22.4 Å². The number of fused-ring (bicyclic) bond motifs is 1. The lowest BCUT2D eigenvalue weighted by atomic mass is 10.0. The fourth-order valence-electron chi connectivity index (χ4n) is 3.06. The van der Waals surface area contributed by atoms with Crippen molar-refractivity contribution in [2.45, 2.75) is 20.0 Å². The van der Waals surface area contributed by atoms with E-state index in [9.17, 15) is 13.2 Å². The lowest BCUT2D eigenvalue weighted by Gasteiger charge is -2.08.